The van der Waals surface area contributed by atoms with Crippen molar-refractivity contribution in [2.75, 3.05) is 60.4 Å². The van der Waals surface area contributed by atoms with Gasteiger partial charge in [-0.25, -0.2) is 4.98 Å². The van der Waals surface area contributed by atoms with Gasteiger partial charge in [0.1, 0.15) is 17.5 Å². The maximum Gasteiger partial charge on any atom is 0.249 e. The third kappa shape index (κ3) is 5.13. The fourth-order valence-electron chi connectivity index (χ4n) is 6.31. The second-order valence-electron chi connectivity index (χ2n) is 11.0. The number of fused-ring (bicyclic) bond motifs is 1. The first-order valence-electron chi connectivity index (χ1n) is 14.3. The minimum Gasteiger partial charge on any atom is -0.494 e. The predicted molar refractivity (Wildman–Crippen MR) is 154 cm³/mol. The molecular weight excluding hydrogens is 478 g/mol. The number of carbonyl (C=O) groups excluding carboxylic acids is 1. The van der Waals surface area contributed by atoms with Crippen LogP contribution in [0.2, 0.25) is 0 Å². The van der Waals surface area contributed by atoms with Crippen molar-refractivity contribution in [1.82, 2.24) is 14.9 Å². The van der Waals surface area contributed by atoms with E-state index in [1.165, 1.54) is 50.9 Å². The molecule has 2 fully saturated rings. The van der Waals surface area contributed by atoms with Crippen molar-refractivity contribution in [2.45, 2.75) is 77.4 Å². The summed E-state index contributed by atoms with van der Waals surface area (Å²) in [6.07, 6.45) is 8.97. The number of piperidine rings is 2. The van der Waals surface area contributed by atoms with Gasteiger partial charge in [0.15, 0.2) is 5.82 Å². The van der Waals surface area contributed by atoms with Crippen molar-refractivity contribution in [3.8, 4) is 5.75 Å². The van der Waals surface area contributed by atoms with Crippen LogP contribution in [0.1, 0.15) is 59.3 Å². The molecule has 5 rings (SSSR count). The van der Waals surface area contributed by atoms with Crippen molar-refractivity contribution >= 4 is 34.7 Å². The second kappa shape index (κ2) is 11.4. The molecule has 0 spiro atoms. The number of benzene rings is 1. The highest BCUT2D eigenvalue weighted by atomic mass is 16.5. The molecule has 9 nitrogen and oxygen atoms in total. The summed E-state index contributed by atoms with van der Waals surface area (Å²) < 4.78 is 5.79. The summed E-state index contributed by atoms with van der Waals surface area (Å²) in [6.45, 7) is 10.9. The quantitative estimate of drug-likeness (QED) is 0.564. The van der Waals surface area contributed by atoms with E-state index < -0.39 is 0 Å². The number of amides is 1. The number of aromatic nitrogens is 2. The lowest BCUT2D eigenvalue weighted by Crippen LogP contribution is -2.54. The molecule has 0 bridgehead atoms. The smallest absolute Gasteiger partial charge is 0.249 e. The molecule has 1 atom stereocenters. The van der Waals surface area contributed by atoms with Crippen LogP contribution in [0.5, 0.6) is 5.75 Å². The zero-order valence-electron chi connectivity index (χ0n) is 23.6. The first kappa shape index (κ1) is 26.5. The molecule has 0 aliphatic carbocycles. The van der Waals surface area contributed by atoms with E-state index in [0.717, 1.165) is 48.5 Å². The molecule has 0 radical (unpaired) electrons. The Morgan fingerprint density at radius 1 is 1.11 bits per heavy atom. The average Bonchev–Trinajstić information content (AvgIpc) is 2.95. The fourth-order valence-corrected chi connectivity index (χ4v) is 6.31. The van der Waals surface area contributed by atoms with Crippen LogP contribution in [0.4, 0.5) is 28.8 Å². The van der Waals surface area contributed by atoms with E-state index in [-0.39, 0.29) is 18.0 Å². The van der Waals surface area contributed by atoms with Crippen molar-refractivity contribution in [2.24, 2.45) is 0 Å². The number of ether oxygens (including phenoxy) is 1. The van der Waals surface area contributed by atoms with Crippen LogP contribution in [-0.4, -0.2) is 79.2 Å². The summed E-state index contributed by atoms with van der Waals surface area (Å²) >= 11 is 0. The summed E-state index contributed by atoms with van der Waals surface area (Å²) in [4.78, 5) is 31.3. The monoisotopic (exact) mass is 521 g/mol. The number of hydrogen-bond acceptors (Lipinski definition) is 8. The SMILES string of the molecule is CC[C@@H]1C(=O)N(C)c2cnc(Nc3ccc(N4CCC(N5CCCCC5)CC4)cc3OC)nc2N1C(C)C. The number of hydrogen-bond donors (Lipinski definition) is 1. The number of nitrogens with one attached hydrogen (secondary N) is 1. The second-order valence-corrected chi connectivity index (χ2v) is 11.0. The van der Waals surface area contributed by atoms with Crippen LogP contribution in [0.15, 0.2) is 24.4 Å². The van der Waals surface area contributed by atoms with Crippen LogP contribution >= 0.6 is 0 Å². The first-order valence-corrected chi connectivity index (χ1v) is 14.3. The molecule has 4 heterocycles. The van der Waals surface area contributed by atoms with Gasteiger partial charge in [0.05, 0.1) is 19.0 Å². The minimum absolute atomic E-state index is 0.0789. The molecule has 9 heteroatoms. The predicted octanol–water partition coefficient (Wildman–Crippen LogP) is 4.65. The van der Waals surface area contributed by atoms with Gasteiger partial charge in [-0.3, -0.25) is 4.79 Å². The molecule has 1 aromatic carbocycles. The molecular formula is C29H43N7O2. The Kier molecular flexibility index (Phi) is 7.93. The highest BCUT2D eigenvalue weighted by Crippen LogP contribution is 2.38. The number of anilines is 5. The van der Waals surface area contributed by atoms with E-state index in [9.17, 15) is 4.79 Å². The van der Waals surface area contributed by atoms with Gasteiger partial charge in [-0.1, -0.05) is 13.3 Å². The Morgan fingerprint density at radius 3 is 2.50 bits per heavy atom. The molecule has 1 amide bonds. The number of rotatable bonds is 7. The average molecular weight is 522 g/mol. The maximum absolute atomic E-state index is 12.9. The first-order chi connectivity index (χ1) is 18.4. The lowest BCUT2D eigenvalue weighted by Gasteiger charge is -2.42. The van der Waals surface area contributed by atoms with Crippen molar-refractivity contribution in [3.63, 3.8) is 0 Å². The normalized spacial score (nSPS) is 21.2. The molecule has 2 aromatic rings. The number of nitrogens with zero attached hydrogens (tertiary/aromatic N) is 6. The zero-order chi connectivity index (χ0) is 26.8. The van der Waals surface area contributed by atoms with Crippen LogP contribution in [0, 0.1) is 0 Å². The Labute approximate surface area is 227 Å². The van der Waals surface area contributed by atoms with Gasteiger partial charge in [0.25, 0.3) is 0 Å². The van der Waals surface area contributed by atoms with Crippen LogP contribution in [-0.2, 0) is 4.79 Å². The summed E-state index contributed by atoms with van der Waals surface area (Å²) in [5.41, 5.74) is 2.74. The zero-order valence-corrected chi connectivity index (χ0v) is 23.6. The van der Waals surface area contributed by atoms with E-state index in [1.807, 2.05) is 6.92 Å². The van der Waals surface area contributed by atoms with E-state index >= 15 is 0 Å². The molecule has 0 saturated carbocycles. The van der Waals surface area contributed by atoms with Crippen LogP contribution < -0.4 is 24.8 Å². The fraction of sp³-hybridized carbons (Fsp3) is 0.621. The van der Waals surface area contributed by atoms with E-state index in [1.54, 1.807) is 25.3 Å². The molecule has 38 heavy (non-hydrogen) atoms. The van der Waals surface area contributed by atoms with Gasteiger partial charge in [0.2, 0.25) is 11.9 Å². The largest absolute Gasteiger partial charge is 0.494 e. The molecule has 1 aromatic heterocycles. The Morgan fingerprint density at radius 2 is 1.84 bits per heavy atom. The lowest BCUT2D eigenvalue weighted by molar-refractivity contribution is -0.120. The summed E-state index contributed by atoms with van der Waals surface area (Å²) in [6, 6.07) is 6.95. The van der Waals surface area contributed by atoms with Gasteiger partial charge < -0.3 is 29.7 Å². The summed E-state index contributed by atoms with van der Waals surface area (Å²) in [5.74, 6) is 2.11. The highest BCUT2D eigenvalue weighted by Gasteiger charge is 2.38. The Hall–Kier alpha value is -3.07. The van der Waals surface area contributed by atoms with Gasteiger partial charge >= 0.3 is 0 Å². The van der Waals surface area contributed by atoms with Gasteiger partial charge in [-0.2, -0.15) is 4.98 Å². The number of likely N-dealkylation sites (tertiary alicyclic amines) is 1. The Balaban J connectivity index is 1.32. The minimum atomic E-state index is -0.233. The molecule has 206 valence electrons. The van der Waals surface area contributed by atoms with Crippen molar-refractivity contribution < 1.29 is 9.53 Å². The lowest BCUT2D eigenvalue weighted by atomic mass is 9.99. The summed E-state index contributed by atoms with van der Waals surface area (Å²) in [7, 11) is 3.50. The Bertz CT molecular complexity index is 1130. The van der Waals surface area contributed by atoms with Gasteiger partial charge in [0, 0.05) is 44.0 Å². The highest BCUT2D eigenvalue weighted by molar-refractivity contribution is 6.04. The van der Waals surface area contributed by atoms with E-state index in [2.05, 4.69) is 57.0 Å². The molecule has 0 unspecified atom stereocenters. The summed E-state index contributed by atoms with van der Waals surface area (Å²) in [5, 5.41) is 3.37. The molecule has 3 aliphatic rings. The molecule has 1 N–H and O–H groups in total. The van der Waals surface area contributed by atoms with Crippen LogP contribution in [0.25, 0.3) is 0 Å². The van der Waals surface area contributed by atoms with Gasteiger partial charge in [-0.05, 0) is 71.2 Å². The third-order valence-corrected chi connectivity index (χ3v) is 8.42. The maximum atomic E-state index is 12.9. The topological polar surface area (TPSA) is 77.1 Å². The van der Waals surface area contributed by atoms with Gasteiger partial charge in [-0.15, -0.1) is 0 Å². The third-order valence-electron chi connectivity index (χ3n) is 8.42. The van der Waals surface area contributed by atoms with Crippen molar-refractivity contribution in [3.05, 3.63) is 24.4 Å². The van der Waals surface area contributed by atoms with Crippen molar-refractivity contribution in [1.29, 1.82) is 0 Å². The van der Waals surface area contributed by atoms with E-state index in [0.29, 0.717) is 5.95 Å². The van der Waals surface area contributed by atoms with Crippen LogP contribution in [0.3, 0.4) is 0 Å². The molecule has 3 aliphatic heterocycles. The number of methoxy groups -OCH3 is 1. The number of likely N-dealkylation sites (N-methyl/N-ethyl adjacent to an activating group) is 1. The standard InChI is InChI=1S/C29H43N7O2/c1-6-24-28(37)33(4)25-19-30-29(32-27(25)36(24)20(2)3)31-23-11-10-22(18-26(23)38-5)35-16-12-21(13-17-35)34-14-8-7-9-15-34/h10-11,18-21,24H,6-9,12-17H2,1-5H3,(H,30,31,32)/t24-/m1/s1. The molecule has 2 saturated heterocycles. The number of carbonyl (C=O) groups is 1. The van der Waals surface area contributed by atoms with E-state index in [4.69, 9.17) is 9.72 Å².